The number of rotatable bonds is 3. The predicted molar refractivity (Wildman–Crippen MR) is 69.3 cm³/mol. The van der Waals surface area contributed by atoms with Crippen LogP contribution in [0.3, 0.4) is 0 Å². The first-order chi connectivity index (χ1) is 8.58. The second-order valence-electron chi connectivity index (χ2n) is 4.85. The normalized spacial score (nSPS) is 22.8. The molecule has 1 fully saturated rings. The first-order valence-corrected chi connectivity index (χ1v) is 6.15. The third kappa shape index (κ3) is 2.76. The second-order valence-corrected chi connectivity index (χ2v) is 4.85. The van der Waals surface area contributed by atoms with Crippen molar-refractivity contribution >= 4 is 11.7 Å². The highest BCUT2D eigenvalue weighted by molar-refractivity contribution is 5.91. The highest BCUT2D eigenvalue weighted by Crippen LogP contribution is 2.20. The number of anilines is 1. The molecule has 3 N–H and O–H groups in total. The standard InChI is InChI=1S/C12H19N5O/c1-17(2)12(18)10-6-7-11(16-15-10)14-9-5-3-4-8(9)13/h6-9H,3-5,13H2,1-2H3,(H,14,16). The Morgan fingerprint density at radius 1 is 1.39 bits per heavy atom. The minimum absolute atomic E-state index is 0.147. The van der Waals surface area contributed by atoms with Crippen molar-refractivity contribution in [3.63, 3.8) is 0 Å². The van der Waals surface area contributed by atoms with Crippen molar-refractivity contribution in [1.29, 1.82) is 0 Å². The van der Waals surface area contributed by atoms with Crippen LogP contribution in [0.15, 0.2) is 12.1 Å². The number of amides is 1. The zero-order valence-corrected chi connectivity index (χ0v) is 10.8. The summed E-state index contributed by atoms with van der Waals surface area (Å²) in [5, 5.41) is 11.2. The van der Waals surface area contributed by atoms with Crippen molar-refractivity contribution in [1.82, 2.24) is 15.1 Å². The van der Waals surface area contributed by atoms with Crippen molar-refractivity contribution in [3.05, 3.63) is 17.8 Å². The highest BCUT2D eigenvalue weighted by atomic mass is 16.2. The van der Waals surface area contributed by atoms with Gasteiger partial charge in [0.1, 0.15) is 5.82 Å². The van der Waals surface area contributed by atoms with Gasteiger partial charge in [0, 0.05) is 26.2 Å². The van der Waals surface area contributed by atoms with Crippen molar-refractivity contribution in [2.45, 2.75) is 31.3 Å². The fourth-order valence-electron chi connectivity index (χ4n) is 2.11. The van der Waals surface area contributed by atoms with Crippen molar-refractivity contribution < 1.29 is 4.79 Å². The lowest BCUT2D eigenvalue weighted by Gasteiger charge is -2.17. The molecule has 1 aliphatic rings. The second kappa shape index (κ2) is 5.30. The minimum atomic E-state index is -0.147. The van der Waals surface area contributed by atoms with Crippen LogP contribution < -0.4 is 11.1 Å². The van der Waals surface area contributed by atoms with Crippen LogP contribution >= 0.6 is 0 Å². The molecule has 1 amide bonds. The van der Waals surface area contributed by atoms with E-state index in [-0.39, 0.29) is 18.0 Å². The molecule has 1 heterocycles. The van der Waals surface area contributed by atoms with E-state index < -0.39 is 0 Å². The smallest absolute Gasteiger partial charge is 0.273 e. The lowest BCUT2D eigenvalue weighted by Crippen LogP contribution is -2.35. The Labute approximate surface area is 107 Å². The van der Waals surface area contributed by atoms with E-state index in [0.717, 1.165) is 19.3 Å². The van der Waals surface area contributed by atoms with E-state index in [0.29, 0.717) is 11.5 Å². The average molecular weight is 249 g/mol. The van der Waals surface area contributed by atoms with E-state index in [2.05, 4.69) is 15.5 Å². The van der Waals surface area contributed by atoms with Gasteiger partial charge in [0.15, 0.2) is 5.69 Å². The van der Waals surface area contributed by atoms with Crippen LogP contribution in [0.4, 0.5) is 5.82 Å². The fraction of sp³-hybridized carbons (Fsp3) is 0.583. The molecule has 0 radical (unpaired) electrons. The van der Waals surface area contributed by atoms with Crippen LogP contribution in [0.25, 0.3) is 0 Å². The molecule has 6 heteroatoms. The van der Waals surface area contributed by atoms with Gasteiger partial charge in [-0.3, -0.25) is 4.79 Å². The number of nitrogens with one attached hydrogen (secondary N) is 1. The zero-order chi connectivity index (χ0) is 13.1. The number of carbonyl (C=O) groups excluding carboxylic acids is 1. The van der Waals surface area contributed by atoms with Crippen LogP contribution in [-0.4, -0.2) is 47.2 Å². The molecule has 0 bridgehead atoms. The highest BCUT2D eigenvalue weighted by Gasteiger charge is 2.24. The topological polar surface area (TPSA) is 84.1 Å². The molecule has 2 rings (SSSR count). The van der Waals surface area contributed by atoms with E-state index in [9.17, 15) is 4.79 Å². The summed E-state index contributed by atoms with van der Waals surface area (Å²) < 4.78 is 0. The molecule has 2 atom stereocenters. The number of hydrogen-bond acceptors (Lipinski definition) is 5. The van der Waals surface area contributed by atoms with Gasteiger partial charge in [-0.15, -0.1) is 10.2 Å². The molecule has 1 aromatic heterocycles. The molecular weight excluding hydrogens is 230 g/mol. The van der Waals surface area contributed by atoms with Crippen molar-refractivity contribution in [2.75, 3.05) is 19.4 Å². The van der Waals surface area contributed by atoms with E-state index in [4.69, 9.17) is 5.73 Å². The largest absolute Gasteiger partial charge is 0.364 e. The van der Waals surface area contributed by atoms with E-state index in [1.807, 2.05) is 0 Å². The van der Waals surface area contributed by atoms with Gasteiger partial charge in [0.05, 0.1) is 0 Å². The molecule has 98 valence electrons. The Balaban J connectivity index is 2.01. The van der Waals surface area contributed by atoms with Gasteiger partial charge in [0.2, 0.25) is 0 Å². The monoisotopic (exact) mass is 249 g/mol. The molecule has 1 aliphatic carbocycles. The van der Waals surface area contributed by atoms with E-state index in [1.165, 1.54) is 4.90 Å². The van der Waals surface area contributed by atoms with Gasteiger partial charge in [0.25, 0.3) is 5.91 Å². The van der Waals surface area contributed by atoms with Gasteiger partial charge in [-0.25, -0.2) is 0 Å². The summed E-state index contributed by atoms with van der Waals surface area (Å²) >= 11 is 0. The van der Waals surface area contributed by atoms with Gasteiger partial charge in [-0.05, 0) is 31.4 Å². The minimum Gasteiger partial charge on any atom is -0.364 e. The lowest BCUT2D eigenvalue weighted by molar-refractivity contribution is 0.0821. The zero-order valence-electron chi connectivity index (χ0n) is 10.8. The fourth-order valence-corrected chi connectivity index (χ4v) is 2.11. The first-order valence-electron chi connectivity index (χ1n) is 6.15. The molecule has 0 aliphatic heterocycles. The Kier molecular flexibility index (Phi) is 3.76. The van der Waals surface area contributed by atoms with E-state index >= 15 is 0 Å². The summed E-state index contributed by atoms with van der Waals surface area (Å²) in [5.41, 5.74) is 6.32. The Morgan fingerprint density at radius 2 is 2.17 bits per heavy atom. The first kappa shape index (κ1) is 12.8. The summed E-state index contributed by atoms with van der Waals surface area (Å²) in [4.78, 5) is 13.1. The number of hydrogen-bond donors (Lipinski definition) is 2. The predicted octanol–water partition coefficient (Wildman–Crippen LogP) is 0.470. The number of nitrogens with zero attached hydrogens (tertiary/aromatic N) is 3. The molecular formula is C12H19N5O. The molecule has 2 unspecified atom stereocenters. The Bertz CT molecular complexity index is 417. The number of carbonyl (C=O) groups is 1. The number of aromatic nitrogens is 2. The van der Waals surface area contributed by atoms with Crippen LogP contribution in [0.2, 0.25) is 0 Å². The molecule has 0 saturated heterocycles. The quantitative estimate of drug-likeness (QED) is 0.813. The Morgan fingerprint density at radius 3 is 2.67 bits per heavy atom. The molecule has 0 spiro atoms. The molecule has 1 saturated carbocycles. The van der Waals surface area contributed by atoms with E-state index in [1.54, 1.807) is 26.2 Å². The van der Waals surface area contributed by atoms with Crippen LogP contribution in [-0.2, 0) is 0 Å². The third-order valence-electron chi connectivity index (χ3n) is 3.19. The third-order valence-corrected chi connectivity index (χ3v) is 3.19. The summed E-state index contributed by atoms with van der Waals surface area (Å²) in [6.07, 6.45) is 3.24. The lowest BCUT2D eigenvalue weighted by atomic mass is 10.2. The summed E-state index contributed by atoms with van der Waals surface area (Å²) in [5.74, 6) is 0.527. The molecule has 18 heavy (non-hydrogen) atoms. The van der Waals surface area contributed by atoms with Gasteiger partial charge in [-0.1, -0.05) is 0 Å². The summed E-state index contributed by atoms with van der Waals surface area (Å²) in [7, 11) is 3.38. The van der Waals surface area contributed by atoms with Crippen LogP contribution in [0.1, 0.15) is 29.8 Å². The molecule has 0 aromatic carbocycles. The maximum Gasteiger partial charge on any atom is 0.273 e. The van der Waals surface area contributed by atoms with Crippen LogP contribution in [0.5, 0.6) is 0 Å². The maximum absolute atomic E-state index is 11.6. The maximum atomic E-state index is 11.6. The van der Waals surface area contributed by atoms with Crippen molar-refractivity contribution in [2.24, 2.45) is 5.73 Å². The number of nitrogens with two attached hydrogens (primary N) is 1. The van der Waals surface area contributed by atoms with Crippen molar-refractivity contribution in [3.8, 4) is 0 Å². The van der Waals surface area contributed by atoms with Gasteiger partial charge >= 0.3 is 0 Å². The summed E-state index contributed by atoms with van der Waals surface area (Å²) in [6, 6.07) is 3.89. The molecule has 1 aromatic rings. The Hall–Kier alpha value is -1.69. The summed E-state index contributed by atoms with van der Waals surface area (Å²) in [6.45, 7) is 0. The van der Waals surface area contributed by atoms with Crippen LogP contribution in [0, 0.1) is 0 Å². The van der Waals surface area contributed by atoms with Gasteiger partial charge in [-0.2, -0.15) is 0 Å². The van der Waals surface area contributed by atoms with Gasteiger partial charge < -0.3 is 16.0 Å². The SMILES string of the molecule is CN(C)C(=O)c1ccc(NC2CCCC2N)nn1. The average Bonchev–Trinajstić information content (AvgIpc) is 2.75. The molecule has 6 nitrogen and oxygen atoms in total.